The normalized spacial score (nSPS) is 13.1. The molecule has 0 saturated heterocycles. The number of hydrogen-bond donors (Lipinski definition) is 1. The third-order valence-corrected chi connectivity index (χ3v) is 6.29. The van der Waals surface area contributed by atoms with Gasteiger partial charge in [-0.1, -0.05) is 35.9 Å². The molecule has 0 aromatic heterocycles. The smallest absolute Gasteiger partial charge is 0.340 e. The van der Waals surface area contributed by atoms with E-state index in [1.165, 1.54) is 36.9 Å². The Hall–Kier alpha value is -3.42. The standard InChI is InChI=1S/C25H18ClNO5S/c1-13(32-25(31)20-12-15(33-2)8-10-21(20)26)24(30)27-14-7-9-18-19(11-14)23(29)17-6-4-3-5-16(17)22(18)28/h3-13H,1-2H3,(H,27,30). The van der Waals surface area contributed by atoms with Crippen LogP contribution < -0.4 is 5.32 Å². The van der Waals surface area contributed by atoms with E-state index in [1.54, 1.807) is 42.5 Å². The minimum Gasteiger partial charge on any atom is -0.449 e. The average Bonchev–Trinajstić information content (AvgIpc) is 2.82. The number of carbonyl (C=O) groups is 4. The summed E-state index contributed by atoms with van der Waals surface area (Å²) in [7, 11) is 0. The number of halogens is 1. The first-order chi connectivity index (χ1) is 15.8. The molecule has 6 nitrogen and oxygen atoms in total. The molecule has 0 aliphatic heterocycles. The number of nitrogens with one attached hydrogen (secondary N) is 1. The highest BCUT2D eigenvalue weighted by Crippen LogP contribution is 2.29. The Balaban J connectivity index is 1.50. The van der Waals surface area contributed by atoms with Crippen LogP contribution in [0.5, 0.6) is 0 Å². The van der Waals surface area contributed by atoms with E-state index in [-0.39, 0.29) is 33.3 Å². The van der Waals surface area contributed by atoms with Crippen molar-refractivity contribution in [3.05, 3.63) is 93.5 Å². The van der Waals surface area contributed by atoms with Crippen molar-refractivity contribution < 1.29 is 23.9 Å². The van der Waals surface area contributed by atoms with Crippen LogP contribution in [-0.4, -0.2) is 35.8 Å². The number of ether oxygens (including phenoxy) is 1. The summed E-state index contributed by atoms with van der Waals surface area (Å²) in [6, 6.07) is 16.1. The lowest BCUT2D eigenvalue weighted by Crippen LogP contribution is -2.30. The van der Waals surface area contributed by atoms with E-state index >= 15 is 0 Å². The molecule has 1 N–H and O–H groups in total. The highest BCUT2D eigenvalue weighted by molar-refractivity contribution is 7.98. The van der Waals surface area contributed by atoms with E-state index in [0.29, 0.717) is 16.8 Å². The number of amides is 1. The number of esters is 1. The zero-order chi connectivity index (χ0) is 23.7. The van der Waals surface area contributed by atoms with Crippen LogP contribution in [0, 0.1) is 0 Å². The number of hydrogen-bond acceptors (Lipinski definition) is 6. The van der Waals surface area contributed by atoms with Gasteiger partial charge in [0.2, 0.25) is 0 Å². The first-order valence-corrected chi connectivity index (χ1v) is 11.6. The second-order valence-corrected chi connectivity index (χ2v) is 8.63. The Morgan fingerprint density at radius 1 is 0.909 bits per heavy atom. The fourth-order valence-electron chi connectivity index (χ4n) is 3.49. The molecule has 1 unspecified atom stereocenters. The minimum absolute atomic E-state index is 0.166. The summed E-state index contributed by atoms with van der Waals surface area (Å²) in [5.74, 6) is -1.85. The van der Waals surface area contributed by atoms with E-state index < -0.39 is 18.0 Å². The molecule has 1 aliphatic rings. The van der Waals surface area contributed by atoms with Crippen molar-refractivity contribution in [2.75, 3.05) is 11.6 Å². The predicted molar refractivity (Wildman–Crippen MR) is 126 cm³/mol. The molecule has 166 valence electrons. The predicted octanol–water partition coefficient (Wildman–Crippen LogP) is 5.02. The molecule has 0 spiro atoms. The van der Waals surface area contributed by atoms with Crippen LogP contribution in [0.3, 0.4) is 0 Å². The van der Waals surface area contributed by atoms with Gasteiger partial charge in [-0.05, 0) is 49.6 Å². The number of thioether (sulfide) groups is 1. The Bertz CT molecular complexity index is 1320. The van der Waals surface area contributed by atoms with Gasteiger partial charge in [0.1, 0.15) is 0 Å². The molecule has 0 saturated carbocycles. The third kappa shape index (κ3) is 4.42. The number of carbonyl (C=O) groups excluding carboxylic acids is 4. The van der Waals surface area contributed by atoms with Gasteiger partial charge in [-0.15, -0.1) is 11.8 Å². The molecule has 33 heavy (non-hydrogen) atoms. The SMILES string of the molecule is CSc1ccc(Cl)c(C(=O)OC(C)C(=O)Nc2ccc3c(c2)C(=O)c2ccccc2C3=O)c1. The van der Waals surface area contributed by atoms with Crippen molar-refractivity contribution in [2.45, 2.75) is 17.9 Å². The maximum absolute atomic E-state index is 12.9. The van der Waals surface area contributed by atoms with Crippen molar-refractivity contribution in [2.24, 2.45) is 0 Å². The molecule has 0 radical (unpaired) electrons. The monoisotopic (exact) mass is 479 g/mol. The number of fused-ring (bicyclic) bond motifs is 2. The van der Waals surface area contributed by atoms with Gasteiger partial charge in [-0.25, -0.2) is 4.79 Å². The summed E-state index contributed by atoms with van der Waals surface area (Å²) in [5.41, 5.74) is 1.65. The van der Waals surface area contributed by atoms with E-state index in [1.807, 2.05) is 6.26 Å². The van der Waals surface area contributed by atoms with E-state index in [9.17, 15) is 19.2 Å². The number of ketones is 2. The van der Waals surface area contributed by atoms with Crippen LogP contribution in [-0.2, 0) is 9.53 Å². The number of benzene rings is 3. The van der Waals surface area contributed by atoms with Crippen molar-refractivity contribution >= 4 is 52.5 Å². The fraction of sp³-hybridized carbons (Fsp3) is 0.120. The summed E-state index contributed by atoms with van der Waals surface area (Å²) in [5, 5.41) is 2.85. The van der Waals surface area contributed by atoms with Crippen LogP contribution in [0.25, 0.3) is 0 Å². The Labute approximate surface area is 199 Å². The highest BCUT2D eigenvalue weighted by atomic mass is 35.5. The number of anilines is 1. The van der Waals surface area contributed by atoms with Crippen molar-refractivity contribution in [3.8, 4) is 0 Å². The maximum atomic E-state index is 12.9. The zero-order valence-electron chi connectivity index (χ0n) is 17.7. The molecule has 0 fully saturated rings. The molecular weight excluding hydrogens is 462 g/mol. The van der Waals surface area contributed by atoms with Gasteiger partial charge in [0.05, 0.1) is 10.6 Å². The molecular formula is C25H18ClNO5S. The Kier molecular flexibility index (Phi) is 6.35. The zero-order valence-corrected chi connectivity index (χ0v) is 19.3. The summed E-state index contributed by atoms with van der Waals surface area (Å²) in [6.07, 6.45) is 0.741. The fourth-order valence-corrected chi connectivity index (χ4v) is 4.12. The molecule has 1 aliphatic carbocycles. The van der Waals surface area contributed by atoms with Crippen molar-refractivity contribution in [1.82, 2.24) is 0 Å². The minimum atomic E-state index is -1.12. The molecule has 1 amide bonds. The van der Waals surface area contributed by atoms with Gasteiger partial charge in [0, 0.05) is 32.8 Å². The molecule has 8 heteroatoms. The number of rotatable bonds is 5. The largest absolute Gasteiger partial charge is 0.449 e. The maximum Gasteiger partial charge on any atom is 0.340 e. The average molecular weight is 480 g/mol. The van der Waals surface area contributed by atoms with Crippen LogP contribution in [0.15, 0.2) is 65.6 Å². The van der Waals surface area contributed by atoms with Gasteiger partial charge in [0.25, 0.3) is 5.91 Å². The summed E-state index contributed by atoms with van der Waals surface area (Å²) in [4.78, 5) is 51.5. The lowest BCUT2D eigenvalue weighted by atomic mass is 9.84. The van der Waals surface area contributed by atoms with Crippen LogP contribution in [0.4, 0.5) is 5.69 Å². The topological polar surface area (TPSA) is 89.5 Å². The molecule has 3 aromatic rings. The lowest BCUT2D eigenvalue weighted by Gasteiger charge is -2.19. The summed E-state index contributed by atoms with van der Waals surface area (Å²) >= 11 is 7.55. The Morgan fingerprint density at radius 2 is 1.55 bits per heavy atom. The van der Waals surface area contributed by atoms with E-state index in [2.05, 4.69) is 5.32 Å². The van der Waals surface area contributed by atoms with Crippen molar-refractivity contribution in [3.63, 3.8) is 0 Å². The third-order valence-electron chi connectivity index (χ3n) is 5.24. The van der Waals surface area contributed by atoms with Crippen LogP contribution >= 0.6 is 23.4 Å². The van der Waals surface area contributed by atoms with Gasteiger partial charge >= 0.3 is 5.97 Å². The molecule has 0 heterocycles. The quantitative estimate of drug-likeness (QED) is 0.319. The van der Waals surface area contributed by atoms with Gasteiger partial charge in [-0.2, -0.15) is 0 Å². The summed E-state index contributed by atoms with van der Waals surface area (Å²) in [6.45, 7) is 1.43. The summed E-state index contributed by atoms with van der Waals surface area (Å²) < 4.78 is 5.28. The molecule has 3 aromatic carbocycles. The van der Waals surface area contributed by atoms with Gasteiger partial charge in [0.15, 0.2) is 17.7 Å². The van der Waals surface area contributed by atoms with E-state index in [4.69, 9.17) is 16.3 Å². The highest BCUT2D eigenvalue weighted by Gasteiger charge is 2.30. The second-order valence-electron chi connectivity index (χ2n) is 7.35. The second kappa shape index (κ2) is 9.21. The lowest BCUT2D eigenvalue weighted by molar-refractivity contribution is -0.123. The Morgan fingerprint density at radius 3 is 2.21 bits per heavy atom. The van der Waals surface area contributed by atoms with Crippen LogP contribution in [0.1, 0.15) is 49.1 Å². The molecule has 0 bridgehead atoms. The molecule has 4 rings (SSSR count). The van der Waals surface area contributed by atoms with E-state index in [0.717, 1.165) is 4.90 Å². The van der Waals surface area contributed by atoms with Crippen LogP contribution in [0.2, 0.25) is 5.02 Å². The first kappa shape index (κ1) is 22.8. The van der Waals surface area contributed by atoms with Gasteiger partial charge in [-0.3, -0.25) is 14.4 Å². The first-order valence-electron chi connectivity index (χ1n) is 9.98. The molecule has 1 atom stereocenters. The van der Waals surface area contributed by atoms with Gasteiger partial charge < -0.3 is 10.1 Å². The van der Waals surface area contributed by atoms with Crippen molar-refractivity contribution in [1.29, 1.82) is 0 Å².